The van der Waals surface area contributed by atoms with Gasteiger partial charge in [0.1, 0.15) is 0 Å². The van der Waals surface area contributed by atoms with Gasteiger partial charge in [0.15, 0.2) is 11.5 Å². The SMILES string of the molecule is CCC[C@H](c1cccc(OC)c1OC)N1CCNCC1. The largest absolute Gasteiger partial charge is 0.493 e. The second-order valence-electron chi connectivity index (χ2n) is 5.17. The summed E-state index contributed by atoms with van der Waals surface area (Å²) >= 11 is 0. The van der Waals surface area contributed by atoms with Gasteiger partial charge in [-0.2, -0.15) is 0 Å². The van der Waals surface area contributed by atoms with E-state index in [0.717, 1.165) is 50.5 Å². The minimum atomic E-state index is 0.409. The first-order chi connectivity index (χ1) is 9.81. The predicted molar refractivity (Wildman–Crippen MR) is 81.6 cm³/mol. The van der Waals surface area contributed by atoms with Crippen LogP contribution in [0.2, 0.25) is 0 Å². The van der Waals surface area contributed by atoms with Crippen LogP contribution in [0.1, 0.15) is 31.4 Å². The lowest BCUT2D eigenvalue weighted by Crippen LogP contribution is -2.45. The molecule has 0 bridgehead atoms. The molecule has 1 aromatic carbocycles. The van der Waals surface area contributed by atoms with E-state index >= 15 is 0 Å². The highest BCUT2D eigenvalue weighted by Crippen LogP contribution is 2.38. The van der Waals surface area contributed by atoms with Gasteiger partial charge in [0.25, 0.3) is 0 Å². The first-order valence-electron chi connectivity index (χ1n) is 7.47. The van der Waals surface area contributed by atoms with E-state index in [1.54, 1.807) is 14.2 Å². The summed E-state index contributed by atoms with van der Waals surface area (Å²) in [5.41, 5.74) is 1.25. The van der Waals surface area contributed by atoms with Crippen LogP contribution in [-0.2, 0) is 0 Å². The van der Waals surface area contributed by atoms with E-state index in [0.29, 0.717) is 6.04 Å². The van der Waals surface area contributed by atoms with Crippen LogP contribution < -0.4 is 14.8 Å². The number of hydrogen-bond acceptors (Lipinski definition) is 4. The van der Waals surface area contributed by atoms with Gasteiger partial charge in [-0.05, 0) is 12.5 Å². The van der Waals surface area contributed by atoms with Crippen LogP contribution in [0.5, 0.6) is 11.5 Å². The fourth-order valence-corrected chi connectivity index (χ4v) is 2.98. The minimum absolute atomic E-state index is 0.409. The average molecular weight is 278 g/mol. The Morgan fingerprint density at radius 2 is 1.95 bits per heavy atom. The molecule has 1 atom stereocenters. The maximum atomic E-state index is 5.62. The van der Waals surface area contributed by atoms with Crippen LogP contribution in [0.4, 0.5) is 0 Å². The highest BCUT2D eigenvalue weighted by molar-refractivity contribution is 5.48. The minimum Gasteiger partial charge on any atom is -0.493 e. The molecule has 0 aliphatic carbocycles. The molecule has 0 amide bonds. The number of methoxy groups -OCH3 is 2. The molecular weight excluding hydrogens is 252 g/mol. The molecule has 0 saturated carbocycles. The third-order valence-corrected chi connectivity index (χ3v) is 3.95. The Kier molecular flexibility index (Phi) is 5.68. The van der Waals surface area contributed by atoms with Crippen molar-refractivity contribution in [3.05, 3.63) is 23.8 Å². The molecule has 1 aromatic rings. The topological polar surface area (TPSA) is 33.7 Å². The quantitative estimate of drug-likeness (QED) is 0.866. The summed E-state index contributed by atoms with van der Waals surface area (Å²) in [5, 5.41) is 3.42. The van der Waals surface area contributed by atoms with Gasteiger partial charge in [-0.1, -0.05) is 25.5 Å². The fraction of sp³-hybridized carbons (Fsp3) is 0.625. The van der Waals surface area contributed by atoms with Crippen molar-refractivity contribution in [2.24, 2.45) is 0 Å². The maximum absolute atomic E-state index is 5.62. The highest BCUT2D eigenvalue weighted by Gasteiger charge is 2.25. The highest BCUT2D eigenvalue weighted by atomic mass is 16.5. The summed E-state index contributed by atoms with van der Waals surface area (Å²) in [7, 11) is 3.42. The van der Waals surface area contributed by atoms with Crippen LogP contribution in [0.15, 0.2) is 18.2 Å². The zero-order valence-corrected chi connectivity index (χ0v) is 12.8. The predicted octanol–water partition coefficient (Wildman–Crippen LogP) is 2.45. The van der Waals surface area contributed by atoms with E-state index in [4.69, 9.17) is 9.47 Å². The normalized spacial score (nSPS) is 17.8. The van der Waals surface area contributed by atoms with Gasteiger partial charge in [-0.15, -0.1) is 0 Å². The lowest BCUT2D eigenvalue weighted by Gasteiger charge is -2.36. The first kappa shape index (κ1) is 15.1. The standard InChI is InChI=1S/C16H26N2O2/c1-4-6-14(18-11-9-17-10-12-18)13-7-5-8-15(19-2)16(13)20-3/h5,7-8,14,17H,4,6,9-12H2,1-3H3/t14-/m1/s1. The molecule has 1 heterocycles. The summed E-state index contributed by atoms with van der Waals surface area (Å²) in [6.45, 7) is 6.54. The maximum Gasteiger partial charge on any atom is 0.165 e. The van der Waals surface area contributed by atoms with Crippen molar-refractivity contribution in [3.8, 4) is 11.5 Å². The molecule has 0 spiro atoms. The Hall–Kier alpha value is -1.26. The van der Waals surface area contributed by atoms with Crippen LogP contribution >= 0.6 is 0 Å². The molecule has 4 nitrogen and oxygen atoms in total. The lowest BCUT2D eigenvalue weighted by molar-refractivity contribution is 0.161. The Morgan fingerprint density at radius 3 is 2.55 bits per heavy atom. The van der Waals surface area contributed by atoms with Crippen molar-refractivity contribution in [2.75, 3.05) is 40.4 Å². The van der Waals surface area contributed by atoms with Crippen LogP contribution in [-0.4, -0.2) is 45.3 Å². The molecule has 20 heavy (non-hydrogen) atoms. The van der Waals surface area contributed by atoms with E-state index in [1.165, 1.54) is 5.56 Å². The number of nitrogens with zero attached hydrogens (tertiary/aromatic N) is 1. The number of nitrogens with one attached hydrogen (secondary N) is 1. The zero-order valence-electron chi connectivity index (χ0n) is 12.8. The molecule has 1 aliphatic heterocycles. The summed E-state index contributed by atoms with van der Waals surface area (Å²) in [5.74, 6) is 1.70. The Balaban J connectivity index is 2.32. The van der Waals surface area contributed by atoms with Crippen molar-refractivity contribution < 1.29 is 9.47 Å². The number of para-hydroxylation sites is 1. The summed E-state index contributed by atoms with van der Waals surface area (Å²) in [6.07, 6.45) is 2.30. The van der Waals surface area contributed by atoms with E-state index in [-0.39, 0.29) is 0 Å². The molecule has 0 radical (unpaired) electrons. The van der Waals surface area contributed by atoms with Gasteiger partial charge in [0.05, 0.1) is 14.2 Å². The van der Waals surface area contributed by atoms with Gasteiger partial charge in [0, 0.05) is 37.8 Å². The Bertz CT molecular complexity index is 417. The Labute approximate surface area is 122 Å². The zero-order chi connectivity index (χ0) is 14.4. The number of benzene rings is 1. The van der Waals surface area contributed by atoms with Gasteiger partial charge in [0.2, 0.25) is 0 Å². The van der Waals surface area contributed by atoms with Gasteiger partial charge < -0.3 is 14.8 Å². The van der Waals surface area contributed by atoms with Gasteiger partial charge in [-0.25, -0.2) is 0 Å². The van der Waals surface area contributed by atoms with Crippen LogP contribution in [0, 0.1) is 0 Å². The number of rotatable bonds is 6. The molecule has 2 rings (SSSR count). The third-order valence-electron chi connectivity index (χ3n) is 3.95. The van der Waals surface area contributed by atoms with Gasteiger partial charge in [-0.3, -0.25) is 4.90 Å². The summed E-state index contributed by atoms with van der Waals surface area (Å²) < 4.78 is 11.1. The van der Waals surface area contributed by atoms with E-state index in [1.807, 2.05) is 6.07 Å². The van der Waals surface area contributed by atoms with E-state index in [9.17, 15) is 0 Å². The number of piperazine rings is 1. The second-order valence-corrected chi connectivity index (χ2v) is 5.17. The summed E-state index contributed by atoms with van der Waals surface area (Å²) in [6, 6.07) is 6.60. The second kappa shape index (κ2) is 7.50. The van der Waals surface area contributed by atoms with Crippen molar-refractivity contribution in [2.45, 2.75) is 25.8 Å². The van der Waals surface area contributed by atoms with E-state index < -0.39 is 0 Å². The van der Waals surface area contributed by atoms with Crippen molar-refractivity contribution >= 4 is 0 Å². The molecule has 4 heteroatoms. The van der Waals surface area contributed by atoms with Crippen LogP contribution in [0.25, 0.3) is 0 Å². The molecular formula is C16H26N2O2. The molecule has 1 N–H and O–H groups in total. The van der Waals surface area contributed by atoms with Crippen molar-refractivity contribution in [3.63, 3.8) is 0 Å². The first-order valence-corrected chi connectivity index (χ1v) is 7.47. The fourth-order valence-electron chi connectivity index (χ4n) is 2.98. The molecule has 1 saturated heterocycles. The third kappa shape index (κ3) is 3.25. The van der Waals surface area contributed by atoms with Crippen molar-refractivity contribution in [1.82, 2.24) is 10.2 Å². The molecule has 1 aliphatic rings. The summed E-state index contributed by atoms with van der Waals surface area (Å²) in [4.78, 5) is 2.55. The molecule has 0 aromatic heterocycles. The number of hydrogen-bond donors (Lipinski definition) is 1. The van der Waals surface area contributed by atoms with E-state index in [2.05, 4.69) is 29.3 Å². The number of ether oxygens (including phenoxy) is 2. The molecule has 1 fully saturated rings. The van der Waals surface area contributed by atoms with Crippen molar-refractivity contribution in [1.29, 1.82) is 0 Å². The lowest BCUT2D eigenvalue weighted by atomic mass is 9.98. The monoisotopic (exact) mass is 278 g/mol. The van der Waals surface area contributed by atoms with Crippen LogP contribution in [0.3, 0.4) is 0 Å². The Morgan fingerprint density at radius 1 is 1.20 bits per heavy atom. The molecule has 112 valence electrons. The average Bonchev–Trinajstić information content (AvgIpc) is 2.52. The smallest absolute Gasteiger partial charge is 0.165 e. The van der Waals surface area contributed by atoms with Gasteiger partial charge >= 0.3 is 0 Å². The molecule has 0 unspecified atom stereocenters.